The molecule has 0 atom stereocenters. The summed E-state index contributed by atoms with van der Waals surface area (Å²) in [6.07, 6.45) is 3.40. The van der Waals surface area contributed by atoms with Crippen molar-refractivity contribution in [3.05, 3.63) is 18.1 Å². The number of rotatable bonds is 2. The van der Waals surface area contributed by atoms with E-state index in [1.807, 2.05) is 7.05 Å². The highest BCUT2D eigenvalue weighted by molar-refractivity contribution is 5.65. The van der Waals surface area contributed by atoms with Gasteiger partial charge in [0.05, 0.1) is 18.2 Å². The van der Waals surface area contributed by atoms with Gasteiger partial charge in [-0.25, -0.2) is 4.98 Å². The third-order valence-electron chi connectivity index (χ3n) is 2.46. The molecule has 5 heteroatoms. The predicted octanol–water partition coefficient (Wildman–Crippen LogP) is 1.52. The molecule has 2 heterocycles. The first-order valence-electron chi connectivity index (χ1n) is 4.92. The van der Waals surface area contributed by atoms with E-state index in [0.717, 1.165) is 22.8 Å². The van der Waals surface area contributed by atoms with Crippen LogP contribution in [0.4, 0.5) is 5.82 Å². The Kier molecular flexibility index (Phi) is 2.22. The van der Waals surface area contributed by atoms with Crippen LogP contribution in [-0.4, -0.2) is 19.7 Å². The topological polar surface area (TPSA) is 72.5 Å². The fourth-order valence-electron chi connectivity index (χ4n) is 1.71. The van der Waals surface area contributed by atoms with Crippen LogP contribution in [0.1, 0.15) is 25.3 Å². The van der Waals surface area contributed by atoms with E-state index in [9.17, 15) is 0 Å². The van der Waals surface area contributed by atoms with Crippen molar-refractivity contribution >= 4 is 5.82 Å². The van der Waals surface area contributed by atoms with Gasteiger partial charge in [-0.1, -0.05) is 13.8 Å². The number of anilines is 1. The van der Waals surface area contributed by atoms with Crippen LogP contribution in [-0.2, 0) is 7.05 Å². The van der Waals surface area contributed by atoms with E-state index >= 15 is 0 Å². The quantitative estimate of drug-likeness (QED) is 0.780. The number of imidazole rings is 1. The van der Waals surface area contributed by atoms with Crippen molar-refractivity contribution in [2.24, 2.45) is 7.05 Å². The zero-order valence-corrected chi connectivity index (χ0v) is 9.15. The highest BCUT2D eigenvalue weighted by Gasteiger charge is 2.18. The van der Waals surface area contributed by atoms with Crippen LogP contribution < -0.4 is 5.73 Å². The van der Waals surface area contributed by atoms with E-state index in [0.29, 0.717) is 5.92 Å². The van der Waals surface area contributed by atoms with Gasteiger partial charge in [-0.3, -0.25) is 4.68 Å². The van der Waals surface area contributed by atoms with Crippen LogP contribution in [0.3, 0.4) is 0 Å². The lowest BCUT2D eigenvalue weighted by molar-refractivity contribution is 0.779. The van der Waals surface area contributed by atoms with E-state index in [1.165, 1.54) is 0 Å². The normalized spacial score (nSPS) is 11.2. The smallest absolute Gasteiger partial charge is 0.125 e. The lowest BCUT2D eigenvalue weighted by Gasteiger charge is -2.05. The largest absolute Gasteiger partial charge is 0.384 e. The summed E-state index contributed by atoms with van der Waals surface area (Å²) >= 11 is 0. The van der Waals surface area contributed by atoms with E-state index in [-0.39, 0.29) is 0 Å². The second-order valence-electron chi connectivity index (χ2n) is 3.89. The van der Waals surface area contributed by atoms with Crippen LogP contribution in [0.2, 0.25) is 0 Å². The van der Waals surface area contributed by atoms with E-state index < -0.39 is 0 Å². The lowest BCUT2D eigenvalue weighted by atomic mass is 10.0. The molecule has 0 saturated heterocycles. The molecule has 0 bridgehead atoms. The fraction of sp³-hybridized carbons (Fsp3) is 0.400. The number of hydrogen-bond acceptors (Lipinski definition) is 3. The van der Waals surface area contributed by atoms with E-state index in [4.69, 9.17) is 5.73 Å². The molecule has 0 aromatic carbocycles. The second kappa shape index (κ2) is 3.42. The number of nitrogens with zero attached hydrogens (tertiary/aromatic N) is 3. The molecule has 3 N–H and O–H groups in total. The van der Waals surface area contributed by atoms with Crippen LogP contribution in [0, 0.1) is 0 Å². The average molecular weight is 205 g/mol. The Hall–Kier alpha value is -1.78. The van der Waals surface area contributed by atoms with Crippen molar-refractivity contribution in [2.45, 2.75) is 19.8 Å². The van der Waals surface area contributed by atoms with Crippen molar-refractivity contribution in [1.29, 1.82) is 0 Å². The molecule has 0 fully saturated rings. The molecular weight excluding hydrogens is 190 g/mol. The summed E-state index contributed by atoms with van der Waals surface area (Å²) in [4.78, 5) is 7.04. The Balaban J connectivity index is 2.61. The number of nitrogens with one attached hydrogen (secondary N) is 1. The molecule has 0 saturated carbocycles. The number of aryl methyl sites for hydroxylation is 1. The molecule has 2 aromatic rings. The molecule has 0 radical (unpaired) electrons. The molecule has 0 unspecified atom stereocenters. The van der Waals surface area contributed by atoms with Crippen molar-refractivity contribution in [3.63, 3.8) is 0 Å². The first kappa shape index (κ1) is 9.76. The van der Waals surface area contributed by atoms with Crippen molar-refractivity contribution in [3.8, 4) is 11.4 Å². The van der Waals surface area contributed by atoms with E-state index in [2.05, 4.69) is 28.9 Å². The Morgan fingerprint density at radius 3 is 2.73 bits per heavy atom. The Morgan fingerprint density at radius 2 is 2.20 bits per heavy atom. The molecule has 80 valence electrons. The molecule has 15 heavy (non-hydrogen) atoms. The number of nitrogen functional groups attached to an aromatic ring is 1. The lowest BCUT2D eigenvalue weighted by Crippen LogP contribution is -2.00. The summed E-state index contributed by atoms with van der Waals surface area (Å²) in [5, 5.41) is 4.39. The number of aromatic nitrogens is 4. The van der Waals surface area contributed by atoms with Gasteiger partial charge in [0, 0.05) is 12.6 Å². The van der Waals surface area contributed by atoms with Crippen molar-refractivity contribution < 1.29 is 0 Å². The van der Waals surface area contributed by atoms with Crippen LogP contribution >= 0.6 is 0 Å². The number of nitrogens with two attached hydrogens (primary N) is 1. The summed E-state index contributed by atoms with van der Waals surface area (Å²) in [6.45, 7) is 4.21. The summed E-state index contributed by atoms with van der Waals surface area (Å²) < 4.78 is 1.70. The van der Waals surface area contributed by atoms with Gasteiger partial charge in [-0.05, 0) is 5.92 Å². The third-order valence-corrected chi connectivity index (χ3v) is 2.46. The molecule has 5 nitrogen and oxygen atoms in total. The minimum atomic E-state index is 0.344. The second-order valence-corrected chi connectivity index (χ2v) is 3.89. The van der Waals surface area contributed by atoms with Gasteiger partial charge >= 0.3 is 0 Å². The molecule has 2 aromatic heterocycles. The summed E-state index contributed by atoms with van der Waals surface area (Å²) in [5.74, 6) is 1.06. The number of hydrogen-bond donors (Lipinski definition) is 2. The van der Waals surface area contributed by atoms with Crippen molar-refractivity contribution in [1.82, 2.24) is 19.7 Å². The minimum Gasteiger partial charge on any atom is -0.384 e. The molecule has 0 amide bonds. The van der Waals surface area contributed by atoms with Gasteiger partial charge in [0.25, 0.3) is 0 Å². The van der Waals surface area contributed by atoms with Crippen LogP contribution in [0.25, 0.3) is 11.4 Å². The average Bonchev–Trinajstić information content (AvgIpc) is 2.75. The summed E-state index contributed by atoms with van der Waals surface area (Å²) in [6, 6.07) is 0. The first-order valence-corrected chi connectivity index (χ1v) is 4.92. The molecule has 2 rings (SSSR count). The maximum Gasteiger partial charge on any atom is 0.125 e. The van der Waals surface area contributed by atoms with Crippen LogP contribution in [0.5, 0.6) is 0 Å². The zero-order chi connectivity index (χ0) is 11.0. The predicted molar refractivity (Wildman–Crippen MR) is 59.3 cm³/mol. The molecule has 0 aliphatic carbocycles. The van der Waals surface area contributed by atoms with Gasteiger partial charge in [0.1, 0.15) is 11.5 Å². The van der Waals surface area contributed by atoms with Crippen LogP contribution in [0.15, 0.2) is 12.5 Å². The molecular formula is C10H15N5. The summed E-state index contributed by atoms with van der Waals surface area (Å²) in [5.41, 5.74) is 8.85. The maximum atomic E-state index is 5.98. The standard InChI is InChI=1S/C10H15N5/c1-6(2)8-9(7-4-12-5-13-7)14-15(3)10(8)11/h4-6H,11H2,1-3H3,(H,12,13). The molecule has 0 aliphatic heterocycles. The van der Waals surface area contributed by atoms with Crippen molar-refractivity contribution in [2.75, 3.05) is 5.73 Å². The Labute approximate surface area is 88.3 Å². The SMILES string of the molecule is CC(C)c1c(-c2cnc[nH]2)nn(C)c1N. The summed E-state index contributed by atoms with van der Waals surface area (Å²) in [7, 11) is 1.85. The fourth-order valence-corrected chi connectivity index (χ4v) is 1.71. The maximum absolute atomic E-state index is 5.98. The van der Waals surface area contributed by atoms with Gasteiger partial charge in [-0.2, -0.15) is 5.10 Å². The van der Waals surface area contributed by atoms with Gasteiger partial charge in [0.2, 0.25) is 0 Å². The zero-order valence-electron chi connectivity index (χ0n) is 9.15. The Morgan fingerprint density at radius 1 is 1.47 bits per heavy atom. The Bertz CT molecular complexity index is 452. The first-order chi connectivity index (χ1) is 7.11. The number of H-pyrrole nitrogens is 1. The molecule has 0 aliphatic rings. The van der Waals surface area contributed by atoms with Gasteiger partial charge in [-0.15, -0.1) is 0 Å². The highest BCUT2D eigenvalue weighted by atomic mass is 15.3. The monoisotopic (exact) mass is 205 g/mol. The number of aromatic amines is 1. The van der Waals surface area contributed by atoms with Gasteiger partial charge < -0.3 is 10.7 Å². The highest BCUT2D eigenvalue weighted by Crippen LogP contribution is 2.31. The van der Waals surface area contributed by atoms with E-state index in [1.54, 1.807) is 17.2 Å². The minimum absolute atomic E-state index is 0.344. The third kappa shape index (κ3) is 1.49. The molecule has 0 spiro atoms. The van der Waals surface area contributed by atoms with Gasteiger partial charge in [0.15, 0.2) is 0 Å².